The zero-order valence-electron chi connectivity index (χ0n) is 15.0. The third kappa shape index (κ3) is 3.28. The molecule has 1 saturated heterocycles. The Balaban J connectivity index is 1.49. The molecule has 1 N–H and O–H groups in total. The van der Waals surface area contributed by atoms with Gasteiger partial charge in [-0.15, -0.1) is 23.1 Å². The van der Waals surface area contributed by atoms with Crippen molar-refractivity contribution in [3.8, 4) is 0 Å². The second-order valence-electron chi connectivity index (χ2n) is 6.99. The minimum Gasteiger partial charge on any atom is -0.324 e. The van der Waals surface area contributed by atoms with E-state index in [0.29, 0.717) is 11.6 Å². The number of nitrogens with one attached hydrogen (secondary N) is 1. The lowest BCUT2D eigenvalue weighted by Crippen LogP contribution is -2.44. The number of carbonyl (C=O) groups is 2. The maximum atomic E-state index is 13.0. The summed E-state index contributed by atoms with van der Waals surface area (Å²) in [5, 5.41) is 2.98. The van der Waals surface area contributed by atoms with E-state index < -0.39 is 6.04 Å². The number of rotatable bonds is 3. The van der Waals surface area contributed by atoms with E-state index in [1.807, 2.05) is 38.1 Å². The zero-order chi connectivity index (χ0) is 18.3. The van der Waals surface area contributed by atoms with Gasteiger partial charge in [0.2, 0.25) is 5.91 Å². The van der Waals surface area contributed by atoms with Gasteiger partial charge in [0.25, 0.3) is 5.91 Å². The highest BCUT2D eigenvalue weighted by Gasteiger charge is 2.36. The molecule has 1 fully saturated rings. The highest BCUT2D eigenvalue weighted by molar-refractivity contribution is 7.99. The number of nitrogens with zero attached hydrogens (tertiary/aromatic N) is 1. The molecule has 0 spiro atoms. The Bertz CT molecular complexity index is 853. The molecule has 0 bridgehead atoms. The van der Waals surface area contributed by atoms with Crippen molar-refractivity contribution in [2.45, 2.75) is 39.2 Å². The van der Waals surface area contributed by atoms with Gasteiger partial charge >= 0.3 is 0 Å². The number of hydrogen-bond acceptors (Lipinski definition) is 4. The molecule has 4 rings (SSSR count). The first-order valence-corrected chi connectivity index (χ1v) is 10.9. The number of thioether (sulfide) groups is 1. The molecule has 136 valence electrons. The Kier molecular flexibility index (Phi) is 4.80. The van der Waals surface area contributed by atoms with Gasteiger partial charge in [-0.2, -0.15) is 0 Å². The molecule has 2 aromatic rings. The molecular weight excluding hydrogens is 364 g/mol. The van der Waals surface area contributed by atoms with Gasteiger partial charge in [-0.05, 0) is 68.0 Å². The van der Waals surface area contributed by atoms with Crippen LogP contribution >= 0.6 is 23.1 Å². The predicted octanol–water partition coefficient (Wildman–Crippen LogP) is 4.01. The fraction of sp³-hybridized carbons (Fsp3) is 0.400. The van der Waals surface area contributed by atoms with Crippen LogP contribution < -0.4 is 5.32 Å². The van der Waals surface area contributed by atoms with Crippen molar-refractivity contribution in [1.29, 1.82) is 0 Å². The molecule has 2 amide bonds. The van der Waals surface area contributed by atoms with Crippen LogP contribution in [0.25, 0.3) is 0 Å². The Labute approximate surface area is 162 Å². The molecule has 4 nitrogen and oxygen atoms in total. The van der Waals surface area contributed by atoms with E-state index >= 15 is 0 Å². The van der Waals surface area contributed by atoms with E-state index in [4.69, 9.17) is 0 Å². The van der Waals surface area contributed by atoms with Crippen LogP contribution in [0.4, 0.5) is 5.69 Å². The van der Waals surface area contributed by atoms with Crippen LogP contribution in [0, 0.1) is 13.8 Å². The number of amides is 2. The topological polar surface area (TPSA) is 49.4 Å². The highest BCUT2D eigenvalue weighted by Crippen LogP contribution is 2.33. The Hall–Kier alpha value is -1.79. The monoisotopic (exact) mass is 386 g/mol. The molecule has 6 heteroatoms. The number of aryl methyl sites for hydroxylation is 4. The zero-order valence-corrected chi connectivity index (χ0v) is 16.6. The lowest BCUT2D eigenvalue weighted by Gasteiger charge is -2.22. The summed E-state index contributed by atoms with van der Waals surface area (Å²) in [5.74, 6) is 1.12. The van der Waals surface area contributed by atoms with Crippen molar-refractivity contribution in [2.75, 3.05) is 16.9 Å². The molecule has 1 unspecified atom stereocenters. The number of carbonyl (C=O) groups excluding carboxylic acids is 2. The predicted molar refractivity (Wildman–Crippen MR) is 108 cm³/mol. The van der Waals surface area contributed by atoms with Crippen molar-refractivity contribution in [1.82, 2.24) is 4.90 Å². The highest BCUT2D eigenvalue weighted by atomic mass is 32.2. The van der Waals surface area contributed by atoms with Crippen LogP contribution in [0.1, 0.15) is 37.7 Å². The molecule has 1 aliphatic carbocycles. The second-order valence-corrected chi connectivity index (χ2v) is 9.13. The SMILES string of the molecule is Cc1ccc(NC(=O)C2CSCN2C(=O)c2cc3c(s2)CCC3)cc1C. The van der Waals surface area contributed by atoms with Gasteiger partial charge in [0.15, 0.2) is 0 Å². The minimum absolute atomic E-state index is 0.00497. The smallest absolute Gasteiger partial charge is 0.265 e. The van der Waals surface area contributed by atoms with E-state index in [-0.39, 0.29) is 11.8 Å². The number of thiophene rings is 1. The van der Waals surface area contributed by atoms with E-state index in [9.17, 15) is 9.59 Å². The number of fused-ring (bicyclic) bond motifs is 1. The summed E-state index contributed by atoms with van der Waals surface area (Å²) in [6, 6.07) is 7.52. The van der Waals surface area contributed by atoms with Gasteiger partial charge in [0, 0.05) is 16.3 Å². The van der Waals surface area contributed by atoms with Gasteiger partial charge in [-0.3, -0.25) is 9.59 Å². The molecule has 2 heterocycles. The summed E-state index contributed by atoms with van der Waals surface area (Å²) >= 11 is 3.24. The maximum absolute atomic E-state index is 13.0. The fourth-order valence-electron chi connectivity index (χ4n) is 3.48. The summed E-state index contributed by atoms with van der Waals surface area (Å²) in [6.07, 6.45) is 3.35. The fourth-order valence-corrected chi connectivity index (χ4v) is 5.84. The normalized spacial score (nSPS) is 18.8. The number of anilines is 1. The van der Waals surface area contributed by atoms with Gasteiger partial charge in [-0.25, -0.2) is 0 Å². The lowest BCUT2D eigenvalue weighted by atomic mass is 10.1. The van der Waals surface area contributed by atoms with Crippen molar-refractivity contribution in [3.63, 3.8) is 0 Å². The summed E-state index contributed by atoms with van der Waals surface area (Å²) in [6.45, 7) is 4.08. The van der Waals surface area contributed by atoms with Crippen LogP contribution in [-0.4, -0.2) is 34.4 Å². The molecule has 2 aliphatic rings. The Morgan fingerprint density at radius 1 is 1.15 bits per heavy atom. The Morgan fingerprint density at radius 2 is 2.00 bits per heavy atom. The average Bonchev–Trinajstić information content (AvgIpc) is 3.32. The largest absolute Gasteiger partial charge is 0.324 e. The molecule has 1 aliphatic heterocycles. The molecular formula is C20H22N2O2S2. The lowest BCUT2D eigenvalue weighted by molar-refractivity contribution is -0.119. The third-order valence-electron chi connectivity index (χ3n) is 5.18. The van der Waals surface area contributed by atoms with Crippen LogP contribution in [0.3, 0.4) is 0 Å². The van der Waals surface area contributed by atoms with Crippen molar-refractivity contribution < 1.29 is 9.59 Å². The van der Waals surface area contributed by atoms with E-state index in [1.54, 1.807) is 28.0 Å². The third-order valence-corrected chi connectivity index (χ3v) is 7.41. The summed E-state index contributed by atoms with van der Waals surface area (Å²) in [5.41, 5.74) is 4.45. The summed E-state index contributed by atoms with van der Waals surface area (Å²) < 4.78 is 0. The average molecular weight is 387 g/mol. The molecule has 1 atom stereocenters. The van der Waals surface area contributed by atoms with Crippen LogP contribution in [0.15, 0.2) is 24.3 Å². The summed E-state index contributed by atoms with van der Waals surface area (Å²) in [4.78, 5) is 29.6. The quantitative estimate of drug-likeness (QED) is 0.867. The second kappa shape index (κ2) is 7.08. The minimum atomic E-state index is -0.411. The molecule has 26 heavy (non-hydrogen) atoms. The van der Waals surface area contributed by atoms with Gasteiger partial charge < -0.3 is 10.2 Å². The van der Waals surface area contributed by atoms with E-state index in [2.05, 4.69) is 5.32 Å². The molecule has 1 aromatic carbocycles. The van der Waals surface area contributed by atoms with Gasteiger partial charge in [-0.1, -0.05) is 6.07 Å². The Morgan fingerprint density at radius 3 is 2.77 bits per heavy atom. The van der Waals surface area contributed by atoms with Crippen LogP contribution in [-0.2, 0) is 17.6 Å². The summed E-state index contributed by atoms with van der Waals surface area (Å²) in [7, 11) is 0. The van der Waals surface area contributed by atoms with E-state index in [0.717, 1.165) is 29.0 Å². The van der Waals surface area contributed by atoms with Gasteiger partial charge in [0.05, 0.1) is 10.8 Å². The van der Waals surface area contributed by atoms with Crippen molar-refractivity contribution >= 4 is 40.6 Å². The van der Waals surface area contributed by atoms with Crippen molar-refractivity contribution in [2.24, 2.45) is 0 Å². The first-order valence-electron chi connectivity index (χ1n) is 8.91. The van der Waals surface area contributed by atoms with Crippen molar-refractivity contribution in [3.05, 3.63) is 50.7 Å². The number of benzene rings is 1. The van der Waals surface area contributed by atoms with Gasteiger partial charge in [0.1, 0.15) is 6.04 Å². The maximum Gasteiger partial charge on any atom is 0.265 e. The van der Waals surface area contributed by atoms with Crippen LogP contribution in [0.5, 0.6) is 0 Å². The molecule has 0 saturated carbocycles. The van der Waals surface area contributed by atoms with E-state index in [1.165, 1.54) is 22.4 Å². The van der Waals surface area contributed by atoms with Crippen LogP contribution in [0.2, 0.25) is 0 Å². The molecule has 0 radical (unpaired) electrons. The standard InChI is InChI=1S/C20H22N2O2S2/c1-12-6-7-15(8-13(12)2)21-19(23)16-10-25-11-22(16)20(24)18-9-14-4-3-5-17(14)26-18/h6-9,16H,3-5,10-11H2,1-2H3,(H,21,23). The first-order chi connectivity index (χ1) is 12.5. The first kappa shape index (κ1) is 17.6. The number of hydrogen-bond donors (Lipinski definition) is 1. The molecule has 1 aromatic heterocycles.